The van der Waals surface area contributed by atoms with Gasteiger partial charge in [0.15, 0.2) is 5.13 Å². The highest BCUT2D eigenvalue weighted by atomic mass is 32.1. The number of piperazine rings is 1. The molecule has 5 rings (SSSR count). The van der Waals surface area contributed by atoms with E-state index in [1.165, 1.54) is 17.4 Å². The summed E-state index contributed by atoms with van der Waals surface area (Å²) in [7, 11) is 0. The van der Waals surface area contributed by atoms with E-state index in [2.05, 4.69) is 10.3 Å². The number of carbonyl (C=O) groups is 3. The Labute approximate surface area is 239 Å². The number of carbonyl (C=O) groups excluding carboxylic acids is 3. The second-order valence-electron chi connectivity index (χ2n) is 10.3. The molecule has 1 aliphatic carbocycles. The molecule has 0 bridgehead atoms. The second kappa shape index (κ2) is 11.9. The van der Waals surface area contributed by atoms with Gasteiger partial charge in [0.05, 0.1) is 17.7 Å². The summed E-state index contributed by atoms with van der Waals surface area (Å²) in [6.45, 7) is 3.47. The van der Waals surface area contributed by atoms with Crippen molar-refractivity contribution in [3.05, 3.63) is 76.3 Å². The van der Waals surface area contributed by atoms with Gasteiger partial charge in [-0.2, -0.15) is 13.2 Å². The van der Waals surface area contributed by atoms with Crippen LogP contribution in [0.4, 0.5) is 24.0 Å². The summed E-state index contributed by atoms with van der Waals surface area (Å²) in [5, 5.41) is 4.81. The van der Waals surface area contributed by atoms with Crippen LogP contribution in [-0.2, 0) is 22.2 Å². The highest BCUT2D eigenvalue weighted by Gasteiger charge is 2.35. The minimum Gasteiger partial charge on any atom is -0.368 e. The second-order valence-corrected chi connectivity index (χ2v) is 11.2. The average Bonchev–Trinajstić information content (AvgIpc) is 3.71. The highest BCUT2D eigenvalue weighted by Crippen LogP contribution is 2.32. The van der Waals surface area contributed by atoms with Gasteiger partial charge < -0.3 is 20.0 Å². The van der Waals surface area contributed by atoms with Crippen LogP contribution in [0.5, 0.6) is 0 Å². The number of hydrogen-bond acceptors (Lipinski definition) is 6. The Kier molecular flexibility index (Phi) is 8.30. The van der Waals surface area contributed by atoms with Crippen molar-refractivity contribution < 1.29 is 27.6 Å². The standard InChI is InChI=1S/C29H30F3N5O3S/c1-19-5-7-20(8-6-19)27(40)37(23-9-10-23)17-25(38)34-28-33-22(18-41-28)16-26(39)36-13-11-35(12-14-36)24-4-2-3-21(15-24)29(30,31)32/h2-8,15,18,23H,9-14,16-17H2,1H3,(H,33,34,38). The molecule has 2 aromatic carbocycles. The van der Waals surface area contributed by atoms with E-state index in [-0.39, 0.29) is 36.7 Å². The molecule has 3 aromatic rings. The van der Waals surface area contributed by atoms with Gasteiger partial charge in [-0.15, -0.1) is 11.3 Å². The molecule has 0 unspecified atom stereocenters. The minimum atomic E-state index is -4.41. The van der Waals surface area contributed by atoms with Gasteiger partial charge in [-0.05, 0) is 50.1 Å². The van der Waals surface area contributed by atoms with Crippen molar-refractivity contribution in [1.29, 1.82) is 0 Å². The number of nitrogens with one attached hydrogen (secondary N) is 1. The summed E-state index contributed by atoms with van der Waals surface area (Å²) in [6, 6.07) is 12.5. The van der Waals surface area contributed by atoms with E-state index in [9.17, 15) is 27.6 Å². The maximum absolute atomic E-state index is 13.1. The molecule has 2 aliphatic rings. The lowest BCUT2D eigenvalue weighted by atomic mass is 10.1. The Bertz CT molecular complexity index is 1410. The molecule has 0 spiro atoms. The maximum Gasteiger partial charge on any atom is 0.416 e. The number of nitrogens with zero attached hydrogens (tertiary/aromatic N) is 4. The summed E-state index contributed by atoms with van der Waals surface area (Å²) in [5.74, 6) is -0.669. The third kappa shape index (κ3) is 7.24. The quantitative estimate of drug-likeness (QED) is 0.418. The van der Waals surface area contributed by atoms with Crippen molar-refractivity contribution >= 4 is 39.9 Å². The van der Waals surface area contributed by atoms with Crippen molar-refractivity contribution in [1.82, 2.24) is 14.8 Å². The van der Waals surface area contributed by atoms with Gasteiger partial charge in [0.2, 0.25) is 11.8 Å². The third-order valence-electron chi connectivity index (χ3n) is 7.16. The van der Waals surface area contributed by atoms with Crippen LogP contribution in [0.25, 0.3) is 0 Å². The van der Waals surface area contributed by atoms with Gasteiger partial charge in [-0.25, -0.2) is 4.98 Å². The summed E-state index contributed by atoms with van der Waals surface area (Å²) >= 11 is 1.21. The van der Waals surface area contributed by atoms with Crippen LogP contribution in [0.1, 0.15) is 40.0 Å². The Morgan fingerprint density at radius 3 is 2.41 bits per heavy atom. The average molecular weight is 586 g/mol. The van der Waals surface area contributed by atoms with Crippen molar-refractivity contribution in [2.24, 2.45) is 0 Å². The zero-order valence-corrected chi connectivity index (χ0v) is 23.3. The highest BCUT2D eigenvalue weighted by molar-refractivity contribution is 7.13. The molecule has 1 aromatic heterocycles. The molecule has 1 N–H and O–H groups in total. The largest absolute Gasteiger partial charge is 0.416 e. The van der Waals surface area contributed by atoms with Crippen LogP contribution in [0, 0.1) is 6.92 Å². The van der Waals surface area contributed by atoms with E-state index in [1.807, 2.05) is 24.0 Å². The van der Waals surface area contributed by atoms with E-state index >= 15 is 0 Å². The molecular weight excluding hydrogens is 555 g/mol. The van der Waals surface area contributed by atoms with Crippen LogP contribution < -0.4 is 10.2 Å². The number of thiazole rings is 1. The molecule has 216 valence electrons. The summed E-state index contributed by atoms with van der Waals surface area (Å²) in [6.07, 6.45) is -2.63. The van der Waals surface area contributed by atoms with Crippen LogP contribution in [0.2, 0.25) is 0 Å². The monoisotopic (exact) mass is 585 g/mol. The van der Waals surface area contributed by atoms with E-state index in [1.54, 1.807) is 33.4 Å². The number of aryl methyl sites for hydroxylation is 1. The van der Waals surface area contributed by atoms with Gasteiger partial charge in [0, 0.05) is 48.9 Å². The van der Waals surface area contributed by atoms with Gasteiger partial charge in [0.25, 0.3) is 5.91 Å². The lowest BCUT2D eigenvalue weighted by Gasteiger charge is -2.36. The van der Waals surface area contributed by atoms with Gasteiger partial charge >= 0.3 is 6.18 Å². The van der Waals surface area contributed by atoms with Crippen molar-refractivity contribution in [2.75, 3.05) is 42.9 Å². The fraction of sp³-hybridized carbons (Fsp3) is 0.379. The van der Waals surface area contributed by atoms with E-state index < -0.39 is 11.7 Å². The molecule has 0 radical (unpaired) electrons. The zero-order chi connectivity index (χ0) is 29.1. The fourth-order valence-electron chi connectivity index (χ4n) is 4.73. The van der Waals surface area contributed by atoms with Crippen molar-refractivity contribution in [3.63, 3.8) is 0 Å². The van der Waals surface area contributed by atoms with Crippen LogP contribution >= 0.6 is 11.3 Å². The van der Waals surface area contributed by atoms with E-state index in [0.29, 0.717) is 48.3 Å². The lowest BCUT2D eigenvalue weighted by molar-refractivity contribution is -0.137. The number of halogens is 3. The predicted molar refractivity (Wildman–Crippen MR) is 150 cm³/mol. The van der Waals surface area contributed by atoms with Crippen LogP contribution in [0.3, 0.4) is 0 Å². The molecule has 2 heterocycles. The lowest BCUT2D eigenvalue weighted by Crippen LogP contribution is -2.49. The first kappa shape index (κ1) is 28.6. The van der Waals surface area contributed by atoms with Gasteiger partial charge in [-0.3, -0.25) is 14.4 Å². The molecule has 8 nitrogen and oxygen atoms in total. The summed E-state index contributed by atoms with van der Waals surface area (Å²) < 4.78 is 39.2. The topological polar surface area (TPSA) is 85.8 Å². The van der Waals surface area contributed by atoms with Crippen LogP contribution in [-0.4, -0.2) is 71.3 Å². The molecule has 0 atom stereocenters. The zero-order valence-electron chi connectivity index (χ0n) is 22.5. The molecule has 1 aliphatic heterocycles. The first-order valence-corrected chi connectivity index (χ1v) is 14.3. The summed E-state index contributed by atoms with van der Waals surface area (Å²) in [4.78, 5) is 48.1. The van der Waals surface area contributed by atoms with Gasteiger partial charge in [-0.1, -0.05) is 23.8 Å². The van der Waals surface area contributed by atoms with Crippen molar-refractivity contribution in [2.45, 2.75) is 38.4 Å². The smallest absolute Gasteiger partial charge is 0.368 e. The number of amides is 3. The van der Waals surface area contributed by atoms with Crippen molar-refractivity contribution in [3.8, 4) is 0 Å². The number of alkyl halides is 3. The van der Waals surface area contributed by atoms with E-state index in [4.69, 9.17) is 0 Å². The van der Waals surface area contributed by atoms with E-state index in [0.717, 1.165) is 30.5 Å². The fourth-order valence-corrected chi connectivity index (χ4v) is 5.46. The first-order valence-electron chi connectivity index (χ1n) is 13.4. The number of hydrogen-bond donors (Lipinski definition) is 1. The molecule has 41 heavy (non-hydrogen) atoms. The molecule has 1 saturated heterocycles. The Hall–Kier alpha value is -3.93. The number of rotatable bonds is 8. The molecule has 1 saturated carbocycles. The molecule has 2 fully saturated rings. The number of benzene rings is 2. The van der Waals surface area contributed by atoms with Gasteiger partial charge in [0.1, 0.15) is 6.54 Å². The Morgan fingerprint density at radius 2 is 1.76 bits per heavy atom. The maximum atomic E-state index is 13.1. The minimum absolute atomic E-state index is 0.0491. The Balaban J connectivity index is 1.11. The molecule has 3 amide bonds. The SMILES string of the molecule is Cc1ccc(C(=O)N(CC(=O)Nc2nc(CC(=O)N3CCN(c4cccc(C(F)(F)F)c4)CC3)cs2)C2CC2)cc1. The Morgan fingerprint density at radius 1 is 1.05 bits per heavy atom. The number of aromatic nitrogens is 1. The molecule has 12 heteroatoms. The predicted octanol–water partition coefficient (Wildman–Crippen LogP) is 4.60. The molecular formula is C29H30F3N5O3S. The van der Waals surface area contributed by atoms with Crippen LogP contribution in [0.15, 0.2) is 53.9 Å². The third-order valence-corrected chi connectivity index (χ3v) is 7.97. The number of anilines is 2. The normalized spacial score (nSPS) is 15.5. The first-order chi connectivity index (χ1) is 19.6. The summed E-state index contributed by atoms with van der Waals surface area (Å²) in [5.41, 5.74) is 1.89.